The fourth-order valence-electron chi connectivity index (χ4n) is 0.622. The van der Waals surface area contributed by atoms with Gasteiger partial charge >= 0.3 is 0 Å². The molecule has 0 radical (unpaired) electrons. The SMILES string of the molecule is Cc1ccc(F)c(Cl)c1I. The number of hydrogen-bond acceptors (Lipinski definition) is 0. The lowest BCUT2D eigenvalue weighted by Gasteiger charge is -1.99. The normalized spacial score (nSPS) is 10.0. The average molecular weight is 270 g/mol. The van der Waals surface area contributed by atoms with Crippen molar-refractivity contribution in [2.24, 2.45) is 0 Å². The molecule has 10 heavy (non-hydrogen) atoms. The van der Waals surface area contributed by atoms with Gasteiger partial charge in [0.05, 0.1) is 5.02 Å². The fourth-order valence-corrected chi connectivity index (χ4v) is 1.27. The predicted octanol–water partition coefficient (Wildman–Crippen LogP) is 3.39. The molecular weight excluding hydrogens is 265 g/mol. The first kappa shape index (κ1) is 8.27. The molecule has 1 rings (SSSR count). The van der Waals surface area contributed by atoms with E-state index in [4.69, 9.17) is 11.6 Å². The number of rotatable bonds is 0. The lowest BCUT2D eigenvalue weighted by molar-refractivity contribution is 0.627. The largest absolute Gasteiger partial charge is 0.205 e. The maximum atomic E-state index is 12.6. The summed E-state index contributed by atoms with van der Waals surface area (Å²) in [4.78, 5) is 0. The summed E-state index contributed by atoms with van der Waals surface area (Å²) in [6, 6.07) is 3.09. The molecule has 0 aliphatic rings. The Morgan fingerprint density at radius 2 is 2.10 bits per heavy atom. The van der Waals surface area contributed by atoms with Crippen LogP contribution >= 0.6 is 34.2 Å². The quantitative estimate of drug-likeness (QED) is 0.501. The molecule has 0 nitrogen and oxygen atoms in total. The smallest absolute Gasteiger partial charge is 0.142 e. The van der Waals surface area contributed by atoms with Gasteiger partial charge in [-0.15, -0.1) is 0 Å². The molecule has 0 aliphatic heterocycles. The van der Waals surface area contributed by atoms with Crippen LogP contribution in [0.5, 0.6) is 0 Å². The van der Waals surface area contributed by atoms with Crippen LogP contribution in [0.1, 0.15) is 5.56 Å². The topological polar surface area (TPSA) is 0 Å². The average Bonchev–Trinajstić information content (AvgIpc) is 1.93. The van der Waals surface area contributed by atoms with Crippen molar-refractivity contribution in [3.05, 3.63) is 32.1 Å². The molecule has 0 saturated carbocycles. The molecular formula is C7H5ClFI. The molecule has 0 bridgehead atoms. The molecule has 0 fully saturated rings. The summed E-state index contributed by atoms with van der Waals surface area (Å²) in [6.07, 6.45) is 0. The van der Waals surface area contributed by atoms with Gasteiger partial charge in [-0.2, -0.15) is 0 Å². The third-order valence-corrected chi connectivity index (χ3v) is 3.31. The summed E-state index contributed by atoms with van der Waals surface area (Å²) in [6.45, 7) is 1.90. The van der Waals surface area contributed by atoms with E-state index in [1.165, 1.54) is 6.07 Å². The molecule has 0 N–H and O–H groups in total. The summed E-state index contributed by atoms with van der Waals surface area (Å²) >= 11 is 7.62. The first-order valence-electron chi connectivity index (χ1n) is 2.73. The van der Waals surface area contributed by atoms with E-state index in [9.17, 15) is 4.39 Å². The maximum absolute atomic E-state index is 12.6. The molecule has 0 aliphatic carbocycles. The van der Waals surface area contributed by atoms with Crippen molar-refractivity contribution in [2.75, 3.05) is 0 Å². The minimum Gasteiger partial charge on any atom is -0.205 e. The van der Waals surface area contributed by atoms with E-state index in [1.807, 2.05) is 29.5 Å². The molecule has 0 unspecified atom stereocenters. The van der Waals surface area contributed by atoms with Gasteiger partial charge in [-0.3, -0.25) is 0 Å². The number of aryl methyl sites for hydroxylation is 1. The number of halogens is 3. The van der Waals surface area contributed by atoms with Gasteiger partial charge in [0, 0.05) is 3.57 Å². The molecule has 1 aromatic rings. The van der Waals surface area contributed by atoms with Gasteiger partial charge in [0.2, 0.25) is 0 Å². The second-order valence-electron chi connectivity index (χ2n) is 1.99. The molecule has 0 spiro atoms. The molecule has 0 saturated heterocycles. The Bertz CT molecular complexity index is 233. The Morgan fingerprint density at radius 3 is 2.60 bits per heavy atom. The van der Waals surface area contributed by atoms with Gasteiger partial charge in [0.25, 0.3) is 0 Å². The predicted molar refractivity (Wildman–Crippen MR) is 48.9 cm³/mol. The highest BCUT2D eigenvalue weighted by atomic mass is 127. The Labute approximate surface area is 77.5 Å². The molecule has 0 amide bonds. The van der Waals surface area contributed by atoms with Crippen molar-refractivity contribution >= 4 is 34.2 Å². The van der Waals surface area contributed by atoms with E-state index < -0.39 is 0 Å². The van der Waals surface area contributed by atoms with E-state index >= 15 is 0 Å². The Hall–Kier alpha value is 0.170. The van der Waals surface area contributed by atoms with Gasteiger partial charge in [0.15, 0.2) is 0 Å². The Morgan fingerprint density at radius 1 is 1.50 bits per heavy atom. The lowest BCUT2D eigenvalue weighted by Crippen LogP contribution is -1.84. The van der Waals surface area contributed by atoms with Crippen molar-refractivity contribution in [1.82, 2.24) is 0 Å². The van der Waals surface area contributed by atoms with Gasteiger partial charge in [-0.25, -0.2) is 4.39 Å². The summed E-state index contributed by atoms with van der Waals surface area (Å²) in [7, 11) is 0. The van der Waals surface area contributed by atoms with Gasteiger partial charge in [-0.1, -0.05) is 17.7 Å². The van der Waals surface area contributed by atoms with Crippen molar-refractivity contribution in [2.45, 2.75) is 6.92 Å². The van der Waals surface area contributed by atoms with Crippen LogP contribution in [0.2, 0.25) is 5.02 Å². The van der Waals surface area contributed by atoms with Gasteiger partial charge < -0.3 is 0 Å². The first-order valence-corrected chi connectivity index (χ1v) is 4.18. The van der Waals surface area contributed by atoms with E-state index in [0.717, 1.165) is 9.13 Å². The van der Waals surface area contributed by atoms with E-state index in [0.29, 0.717) is 0 Å². The van der Waals surface area contributed by atoms with Crippen molar-refractivity contribution in [3.8, 4) is 0 Å². The zero-order valence-corrected chi connectivity index (χ0v) is 8.20. The summed E-state index contributed by atoms with van der Waals surface area (Å²) in [5.41, 5.74) is 1.01. The molecule has 54 valence electrons. The van der Waals surface area contributed by atoms with Gasteiger partial charge in [-0.05, 0) is 41.1 Å². The minimum absolute atomic E-state index is 0.223. The van der Waals surface area contributed by atoms with E-state index in [2.05, 4.69) is 0 Å². The highest BCUT2D eigenvalue weighted by molar-refractivity contribution is 14.1. The van der Waals surface area contributed by atoms with Crippen LogP contribution < -0.4 is 0 Å². The molecule has 0 heterocycles. The second kappa shape index (κ2) is 3.05. The van der Waals surface area contributed by atoms with Crippen LogP contribution in [0.3, 0.4) is 0 Å². The van der Waals surface area contributed by atoms with Crippen LogP contribution in [-0.2, 0) is 0 Å². The van der Waals surface area contributed by atoms with E-state index in [-0.39, 0.29) is 10.8 Å². The minimum atomic E-state index is -0.350. The fraction of sp³-hybridized carbons (Fsp3) is 0.143. The summed E-state index contributed by atoms with van der Waals surface area (Å²) in [5, 5.41) is 0.223. The Balaban J connectivity index is 3.34. The first-order chi connectivity index (χ1) is 4.63. The molecule has 0 atom stereocenters. The zero-order chi connectivity index (χ0) is 7.72. The van der Waals surface area contributed by atoms with Crippen LogP contribution in [0, 0.1) is 16.3 Å². The number of benzene rings is 1. The van der Waals surface area contributed by atoms with Crippen LogP contribution in [-0.4, -0.2) is 0 Å². The second-order valence-corrected chi connectivity index (χ2v) is 3.45. The monoisotopic (exact) mass is 270 g/mol. The third kappa shape index (κ3) is 1.42. The molecule has 1 aromatic carbocycles. The maximum Gasteiger partial charge on any atom is 0.142 e. The summed E-state index contributed by atoms with van der Waals surface area (Å²) in [5.74, 6) is -0.350. The molecule has 3 heteroatoms. The third-order valence-electron chi connectivity index (χ3n) is 1.23. The standard InChI is InChI=1S/C7H5ClFI/c1-4-2-3-5(9)6(8)7(4)10/h2-3H,1H3. The van der Waals surface area contributed by atoms with Crippen molar-refractivity contribution < 1.29 is 4.39 Å². The highest BCUT2D eigenvalue weighted by Crippen LogP contribution is 2.24. The van der Waals surface area contributed by atoms with E-state index in [1.54, 1.807) is 6.07 Å². The zero-order valence-electron chi connectivity index (χ0n) is 5.29. The molecule has 0 aromatic heterocycles. The van der Waals surface area contributed by atoms with Crippen LogP contribution in [0.25, 0.3) is 0 Å². The lowest BCUT2D eigenvalue weighted by atomic mass is 10.2. The summed E-state index contributed by atoms with van der Waals surface area (Å²) < 4.78 is 13.4. The number of hydrogen-bond donors (Lipinski definition) is 0. The Kier molecular flexibility index (Phi) is 2.52. The van der Waals surface area contributed by atoms with Crippen molar-refractivity contribution in [3.63, 3.8) is 0 Å². The van der Waals surface area contributed by atoms with Crippen LogP contribution in [0.4, 0.5) is 4.39 Å². The highest BCUT2D eigenvalue weighted by Gasteiger charge is 2.04. The van der Waals surface area contributed by atoms with Gasteiger partial charge in [0.1, 0.15) is 5.82 Å². The van der Waals surface area contributed by atoms with Crippen molar-refractivity contribution in [1.29, 1.82) is 0 Å². The van der Waals surface area contributed by atoms with Crippen LogP contribution in [0.15, 0.2) is 12.1 Å².